The Morgan fingerprint density at radius 2 is 2.05 bits per heavy atom. The van der Waals surface area contributed by atoms with E-state index in [2.05, 4.69) is 36.0 Å². The van der Waals surface area contributed by atoms with Gasteiger partial charge in [0.15, 0.2) is 5.69 Å². The molecule has 0 radical (unpaired) electrons. The number of nitrogens with zero attached hydrogens (tertiary/aromatic N) is 3. The van der Waals surface area contributed by atoms with E-state index < -0.39 is 0 Å². The third-order valence-corrected chi connectivity index (χ3v) is 4.22. The fraction of sp³-hybridized carbons (Fsp3) is 0.714. The van der Waals surface area contributed by atoms with E-state index in [1.807, 2.05) is 18.7 Å². The molecule has 1 aromatic heterocycles. The van der Waals surface area contributed by atoms with Crippen LogP contribution in [0.1, 0.15) is 49.8 Å². The van der Waals surface area contributed by atoms with Crippen molar-refractivity contribution in [3.05, 3.63) is 11.4 Å². The summed E-state index contributed by atoms with van der Waals surface area (Å²) in [5, 5.41) is 7.01. The second kappa shape index (κ2) is 5.09. The van der Waals surface area contributed by atoms with Crippen LogP contribution in [0.5, 0.6) is 0 Å². The number of piperazine rings is 1. The Morgan fingerprint density at radius 1 is 1.40 bits per heavy atom. The van der Waals surface area contributed by atoms with Crippen LogP contribution in [-0.4, -0.2) is 58.1 Å². The Balaban J connectivity index is 2.20. The molecule has 0 bridgehead atoms. The van der Waals surface area contributed by atoms with Crippen LogP contribution in [0.4, 0.5) is 5.69 Å². The van der Waals surface area contributed by atoms with Crippen molar-refractivity contribution < 1.29 is 4.79 Å². The summed E-state index contributed by atoms with van der Waals surface area (Å²) in [6.07, 6.45) is 0. The molecular weight excluding hydrogens is 254 g/mol. The molecule has 2 rings (SSSR count). The highest BCUT2D eigenvalue weighted by Crippen LogP contribution is 2.25. The molecule has 1 amide bonds. The number of hydrogen-bond donors (Lipinski definition) is 2. The minimum absolute atomic E-state index is 0.0279. The monoisotopic (exact) mass is 279 g/mol. The number of nitrogen functional groups attached to an aromatic ring is 1. The normalized spacial score (nSPS) is 19.6. The van der Waals surface area contributed by atoms with Crippen molar-refractivity contribution in [3.8, 4) is 0 Å². The van der Waals surface area contributed by atoms with E-state index >= 15 is 0 Å². The van der Waals surface area contributed by atoms with Gasteiger partial charge in [-0.05, 0) is 26.8 Å². The van der Waals surface area contributed by atoms with Gasteiger partial charge >= 0.3 is 0 Å². The van der Waals surface area contributed by atoms with E-state index in [0.717, 1.165) is 12.2 Å². The van der Waals surface area contributed by atoms with Gasteiger partial charge in [-0.1, -0.05) is 13.8 Å². The van der Waals surface area contributed by atoms with E-state index in [1.165, 1.54) is 0 Å². The van der Waals surface area contributed by atoms with Crippen LogP contribution in [0.25, 0.3) is 0 Å². The lowest BCUT2D eigenvalue weighted by molar-refractivity contribution is 0.0308. The molecule has 0 unspecified atom stereocenters. The van der Waals surface area contributed by atoms with Crippen molar-refractivity contribution in [1.29, 1.82) is 0 Å². The zero-order chi connectivity index (χ0) is 15.1. The Morgan fingerprint density at radius 3 is 2.55 bits per heavy atom. The molecule has 0 spiro atoms. The van der Waals surface area contributed by atoms with Gasteiger partial charge in [0.05, 0.1) is 11.4 Å². The Bertz CT molecular complexity index is 506. The summed E-state index contributed by atoms with van der Waals surface area (Å²) in [6, 6.07) is 0. The van der Waals surface area contributed by atoms with Crippen LogP contribution in [0.2, 0.25) is 0 Å². The van der Waals surface area contributed by atoms with Gasteiger partial charge < -0.3 is 10.6 Å². The number of aromatic amines is 1. The van der Waals surface area contributed by atoms with Crippen LogP contribution < -0.4 is 5.73 Å². The number of carbonyl (C=O) groups is 1. The molecule has 0 aliphatic carbocycles. The van der Waals surface area contributed by atoms with Crippen molar-refractivity contribution >= 4 is 11.6 Å². The molecule has 3 N–H and O–H groups in total. The lowest BCUT2D eigenvalue weighted by Crippen LogP contribution is -2.58. The molecule has 6 nitrogen and oxygen atoms in total. The maximum absolute atomic E-state index is 12.6. The second-order valence-electron chi connectivity index (χ2n) is 6.51. The number of rotatable bonds is 2. The van der Waals surface area contributed by atoms with Gasteiger partial charge in [0.2, 0.25) is 0 Å². The third-order valence-electron chi connectivity index (χ3n) is 4.22. The summed E-state index contributed by atoms with van der Waals surface area (Å²) < 4.78 is 0. The van der Waals surface area contributed by atoms with Crippen molar-refractivity contribution in [3.63, 3.8) is 0 Å². The molecule has 20 heavy (non-hydrogen) atoms. The van der Waals surface area contributed by atoms with Crippen molar-refractivity contribution in [1.82, 2.24) is 20.0 Å². The first-order valence-electron chi connectivity index (χ1n) is 7.08. The van der Waals surface area contributed by atoms with E-state index in [0.29, 0.717) is 24.5 Å². The Kier molecular flexibility index (Phi) is 3.77. The van der Waals surface area contributed by atoms with E-state index in [1.54, 1.807) is 0 Å². The molecule has 0 aromatic carbocycles. The zero-order valence-electron chi connectivity index (χ0n) is 13.0. The number of nitrogens with two attached hydrogens (primary N) is 1. The van der Waals surface area contributed by atoms with Crippen LogP contribution in [0, 0.1) is 0 Å². The smallest absolute Gasteiger partial charge is 0.276 e. The average molecular weight is 279 g/mol. The summed E-state index contributed by atoms with van der Waals surface area (Å²) in [4.78, 5) is 16.7. The van der Waals surface area contributed by atoms with Gasteiger partial charge in [-0.3, -0.25) is 14.8 Å². The molecule has 1 aliphatic heterocycles. The maximum atomic E-state index is 12.6. The van der Waals surface area contributed by atoms with Crippen molar-refractivity contribution in [2.24, 2.45) is 0 Å². The first kappa shape index (κ1) is 14.8. The molecule has 0 atom stereocenters. The third kappa shape index (κ3) is 2.52. The average Bonchev–Trinajstić information content (AvgIpc) is 2.73. The van der Waals surface area contributed by atoms with Gasteiger partial charge in [-0.2, -0.15) is 5.10 Å². The predicted octanol–water partition coefficient (Wildman–Crippen LogP) is 1.28. The number of H-pyrrole nitrogens is 1. The van der Waals surface area contributed by atoms with Crippen molar-refractivity contribution in [2.45, 2.75) is 39.2 Å². The maximum Gasteiger partial charge on any atom is 0.276 e. The Labute approximate surface area is 120 Å². The highest BCUT2D eigenvalue weighted by Gasteiger charge is 2.35. The molecule has 1 aromatic rings. The lowest BCUT2D eigenvalue weighted by atomic mass is 9.99. The van der Waals surface area contributed by atoms with Crippen molar-refractivity contribution in [2.75, 3.05) is 32.4 Å². The highest BCUT2D eigenvalue weighted by molar-refractivity contribution is 5.97. The minimum atomic E-state index is -0.0770. The highest BCUT2D eigenvalue weighted by atomic mass is 16.2. The van der Waals surface area contributed by atoms with Crippen LogP contribution in [0.3, 0.4) is 0 Å². The van der Waals surface area contributed by atoms with E-state index in [-0.39, 0.29) is 17.4 Å². The number of likely N-dealkylation sites (N-methyl/N-ethyl adjacent to an activating group) is 1. The molecule has 1 aliphatic rings. The zero-order valence-corrected chi connectivity index (χ0v) is 13.0. The number of hydrogen-bond acceptors (Lipinski definition) is 4. The molecule has 2 heterocycles. The number of aromatic nitrogens is 2. The summed E-state index contributed by atoms with van der Waals surface area (Å²) in [7, 11) is 2.08. The van der Waals surface area contributed by atoms with Gasteiger partial charge in [-0.15, -0.1) is 0 Å². The SMILES string of the molecule is CC(C)c1[nH]nc(C(=O)N2CCN(C)C(C)(C)C2)c1N. The van der Waals surface area contributed by atoms with Gasteiger partial charge in [-0.25, -0.2) is 0 Å². The fourth-order valence-electron chi connectivity index (χ4n) is 2.53. The molecule has 1 saturated heterocycles. The first-order valence-corrected chi connectivity index (χ1v) is 7.08. The van der Waals surface area contributed by atoms with Gasteiger partial charge in [0, 0.05) is 25.2 Å². The fourth-order valence-corrected chi connectivity index (χ4v) is 2.53. The molecule has 6 heteroatoms. The van der Waals surface area contributed by atoms with E-state index in [9.17, 15) is 4.79 Å². The van der Waals surface area contributed by atoms with Gasteiger partial charge in [0.1, 0.15) is 0 Å². The van der Waals surface area contributed by atoms with E-state index in [4.69, 9.17) is 5.73 Å². The topological polar surface area (TPSA) is 78.2 Å². The standard InChI is InChI=1S/C14H25N5O/c1-9(2)11-10(15)12(17-16-11)13(20)19-7-6-18(5)14(3,4)8-19/h9H,6-8,15H2,1-5H3,(H,16,17). The van der Waals surface area contributed by atoms with Crippen LogP contribution in [0.15, 0.2) is 0 Å². The number of nitrogens with one attached hydrogen (secondary N) is 1. The molecule has 112 valence electrons. The summed E-state index contributed by atoms with van der Waals surface area (Å²) in [6.45, 7) is 10.6. The molecule has 1 fully saturated rings. The minimum Gasteiger partial charge on any atom is -0.395 e. The summed E-state index contributed by atoms with van der Waals surface area (Å²) in [5.41, 5.74) is 7.71. The largest absolute Gasteiger partial charge is 0.395 e. The quantitative estimate of drug-likeness (QED) is 0.855. The summed E-state index contributed by atoms with van der Waals surface area (Å²) in [5.74, 6) is 0.153. The van der Waals surface area contributed by atoms with Crippen LogP contribution >= 0.6 is 0 Å². The number of anilines is 1. The second-order valence-corrected chi connectivity index (χ2v) is 6.51. The van der Waals surface area contributed by atoms with Gasteiger partial charge in [0.25, 0.3) is 5.91 Å². The first-order chi connectivity index (χ1) is 9.24. The Hall–Kier alpha value is -1.56. The number of carbonyl (C=O) groups excluding carboxylic acids is 1. The number of amides is 1. The predicted molar refractivity (Wildman–Crippen MR) is 79.7 cm³/mol. The molecule has 0 saturated carbocycles. The molecular formula is C14H25N5O. The summed E-state index contributed by atoms with van der Waals surface area (Å²) >= 11 is 0. The lowest BCUT2D eigenvalue weighted by Gasteiger charge is -2.45. The van der Waals surface area contributed by atoms with Crippen LogP contribution in [-0.2, 0) is 0 Å².